The van der Waals surface area contributed by atoms with Crippen LogP contribution in [0.1, 0.15) is 61.2 Å². The molecule has 10 heteroatoms. The number of alkyl halides is 3. The molecule has 3 heterocycles. The van der Waals surface area contributed by atoms with Gasteiger partial charge in [0.1, 0.15) is 0 Å². The number of pyridine rings is 1. The van der Waals surface area contributed by atoms with Gasteiger partial charge in [0, 0.05) is 43.4 Å². The monoisotopic (exact) mass is 519 g/mol. The lowest BCUT2D eigenvalue weighted by Crippen LogP contribution is -2.40. The van der Waals surface area contributed by atoms with Crippen molar-refractivity contribution in [2.24, 2.45) is 5.92 Å². The van der Waals surface area contributed by atoms with E-state index in [0.717, 1.165) is 81.5 Å². The lowest BCUT2D eigenvalue weighted by molar-refractivity contribution is -0.134. The van der Waals surface area contributed by atoms with Crippen LogP contribution in [-0.4, -0.2) is 64.2 Å². The van der Waals surface area contributed by atoms with Gasteiger partial charge in [-0.1, -0.05) is 6.07 Å². The summed E-state index contributed by atoms with van der Waals surface area (Å²) in [7, 11) is 0. The Kier molecular flexibility index (Phi) is 9.34. The van der Waals surface area contributed by atoms with Crippen LogP contribution in [-0.2, 0) is 24.1 Å². The van der Waals surface area contributed by atoms with Crippen molar-refractivity contribution in [1.82, 2.24) is 25.2 Å². The molecule has 0 atom stereocenters. The maximum Gasteiger partial charge on any atom is 0.389 e. The summed E-state index contributed by atoms with van der Waals surface area (Å²) in [6.45, 7) is 4.63. The second-order valence-corrected chi connectivity index (χ2v) is 10.2. The van der Waals surface area contributed by atoms with E-state index in [1.807, 2.05) is 13.0 Å². The summed E-state index contributed by atoms with van der Waals surface area (Å²) in [5, 5.41) is 3.07. The largest absolute Gasteiger partial charge is 0.466 e. The van der Waals surface area contributed by atoms with Crippen molar-refractivity contribution < 1.29 is 22.7 Å². The minimum atomic E-state index is -4.15. The summed E-state index contributed by atoms with van der Waals surface area (Å²) in [5.74, 6) is 0.855. The summed E-state index contributed by atoms with van der Waals surface area (Å²) in [4.78, 5) is 27.4. The Bertz CT molecular complexity index is 1020. The summed E-state index contributed by atoms with van der Waals surface area (Å²) in [6, 6.07) is 3.90. The maximum absolute atomic E-state index is 12.6. The van der Waals surface area contributed by atoms with Gasteiger partial charge in [0.25, 0.3) is 5.91 Å². The number of rotatable bonds is 9. The third-order valence-corrected chi connectivity index (χ3v) is 7.33. The Morgan fingerprint density at radius 3 is 2.62 bits per heavy atom. The van der Waals surface area contributed by atoms with Crippen LogP contribution in [0.15, 0.2) is 24.5 Å². The number of aryl methyl sites for hydroxylation is 2. The van der Waals surface area contributed by atoms with E-state index in [1.54, 1.807) is 12.3 Å². The number of aromatic nitrogens is 3. The number of amides is 1. The minimum Gasteiger partial charge on any atom is -0.466 e. The molecular weight excluding hydrogens is 483 g/mol. The van der Waals surface area contributed by atoms with Crippen molar-refractivity contribution >= 4 is 5.91 Å². The summed E-state index contributed by atoms with van der Waals surface area (Å²) >= 11 is 0. The van der Waals surface area contributed by atoms with E-state index < -0.39 is 12.6 Å². The molecule has 1 aliphatic carbocycles. The van der Waals surface area contributed by atoms with E-state index in [1.165, 1.54) is 6.20 Å². The van der Waals surface area contributed by atoms with E-state index in [-0.39, 0.29) is 25.0 Å². The quantitative estimate of drug-likeness (QED) is 0.535. The third kappa shape index (κ3) is 8.94. The summed E-state index contributed by atoms with van der Waals surface area (Å²) in [5.41, 5.74) is 3.44. The molecule has 202 valence electrons. The smallest absolute Gasteiger partial charge is 0.389 e. The van der Waals surface area contributed by atoms with Crippen molar-refractivity contribution in [3.63, 3.8) is 0 Å². The average Bonchev–Trinajstić information content (AvgIpc) is 3.08. The minimum absolute atomic E-state index is 0.0575. The highest BCUT2D eigenvalue weighted by molar-refractivity contribution is 5.77. The van der Waals surface area contributed by atoms with Crippen LogP contribution in [0.3, 0.4) is 0 Å². The first-order valence-electron chi connectivity index (χ1n) is 13.2. The first-order chi connectivity index (χ1) is 17.7. The van der Waals surface area contributed by atoms with Crippen LogP contribution in [0.5, 0.6) is 5.88 Å². The van der Waals surface area contributed by atoms with Gasteiger partial charge in [0.05, 0.1) is 18.1 Å². The number of carbonyl (C=O) groups excluding carboxylic acids is 1. The molecule has 0 radical (unpaired) electrons. The number of halogens is 3. The Morgan fingerprint density at radius 1 is 1.11 bits per heavy atom. The Morgan fingerprint density at radius 2 is 1.89 bits per heavy atom. The topological polar surface area (TPSA) is 80.2 Å². The molecule has 0 aromatic carbocycles. The van der Waals surface area contributed by atoms with Gasteiger partial charge >= 0.3 is 6.18 Å². The molecule has 2 aromatic rings. The molecule has 1 aliphatic heterocycles. The van der Waals surface area contributed by atoms with Gasteiger partial charge in [-0.25, -0.2) is 4.98 Å². The average molecular weight is 520 g/mol. The molecule has 0 spiro atoms. The van der Waals surface area contributed by atoms with Gasteiger partial charge < -0.3 is 15.0 Å². The number of hydrogen-bond donors (Lipinski definition) is 1. The zero-order valence-electron chi connectivity index (χ0n) is 21.4. The fraction of sp³-hybridized carbons (Fsp3) is 0.630. The molecule has 37 heavy (non-hydrogen) atoms. The van der Waals surface area contributed by atoms with Gasteiger partial charge in [0.15, 0.2) is 6.61 Å². The molecule has 7 nitrogen and oxygen atoms in total. The molecular formula is C27H36F3N5O2. The standard InChI is InChI=1S/C27H36F3N5O2/c1-19-16-32-26(17-31-19)37-18-25(36)34-22-5-2-20(3-6-22)9-13-35-14-10-21-4-7-23(8-12-27(28,29)30)33-24(21)11-15-35/h4,7,16-17,20,22H,2-3,5-6,8-15,18H2,1H3,(H,34,36). The summed E-state index contributed by atoms with van der Waals surface area (Å²) < 4.78 is 43.1. The van der Waals surface area contributed by atoms with E-state index >= 15 is 0 Å². The van der Waals surface area contributed by atoms with Crippen LogP contribution >= 0.6 is 0 Å². The molecule has 2 aliphatic rings. The second kappa shape index (κ2) is 12.7. The molecule has 1 saturated carbocycles. The van der Waals surface area contributed by atoms with Crippen molar-refractivity contribution in [3.05, 3.63) is 47.2 Å². The normalized spacial score (nSPS) is 20.6. The highest BCUT2D eigenvalue weighted by Gasteiger charge is 2.27. The predicted octanol–water partition coefficient (Wildman–Crippen LogP) is 4.22. The molecule has 1 amide bonds. The molecule has 0 saturated heterocycles. The molecule has 1 N–H and O–H groups in total. The van der Waals surface area contributed by atoms with Crippen molar-refractivity contribution in [2.45, 2.75) is 76.9 Å². The maximum atomic E-state index is 12.6. The zero-order valence-corrected chi connectivity index (χ0v) is 21.4. The van der Waals surface area contributed by atoms with Crippen molar-refractivity contribution in [2.75, 3.05) is 26.2 Å². The van der Waals surface area contributed by atoms with E-state index in [4.69, 9.17) is 4.74 Å². The summed E-state index contributed by atoms with van der Waals surface area (Å²) in [6.07, 6.45) is 5.00. The van der Waals surface area contributed by atoms with Gasteiger partial charge in [-0.2, -0.15) is 13.2 Å². The van der Waals surface area contributed by atoms with Crippen molar-refractivity contribution in [1.29, 1.82) is 0 Å². The molecule has 4 rings (SSSR count). The fourth-order valence-corrected chi connectivity index (χ4v) is 5.13. The predicted molar refractivity (Wildman–Crippen MR) is 133 cm³/mol. The Hall–Kier alpha value is -2.75. The number of ether oxygens (including phenoxy) is 1. The van der Waals surface area contributed by atoms with Gasteiger partial charge in [-0.3, -0.25) is 14.8 Å². The molecule has 2 aromatic heterocycles. The lowest BCUT2D eigenvalue weighted by Gasteiger charge is -2.30. The zero-order chi connectivity index (χ0) is 26.3. The number of carbonyl (C=O) groups is 1. The number of fused-ring (bicyclic) bond motifs is 1. The molecule has 0 unspecified atom stereocenters. The van der Waals surface area contributed by atoms with Gasteiger partial charge in [0.2, 0.25) is 5.88 Å². The number of nitrogens with one attached hydrogen (secondary N) is 1. The number of nitrogens with zero attached hydrogens (tertiary/aromatic N) is 4. The van der Waals surface area contributed by atoms with Crippen LogP contribution in [0.25, 0.3) is 0 Å². The second-order valence-electron chi connectivity index (χ2n) is 10.2. The Balaban J connectivity index is 1.13. The first kappa shape index (κ1) is 27.3. The van der Waals surface area contributed by atoms with Crippen molar-refractivity contribution in [3.8, 4) is 5.88 Å². The highest BCUT2D eigenvalue weighted by Crippen LogP contribution is 2.28. The first-order valence-corrected chi connectivity index (χ1v) is 13.2. The van der Waals surface area contributed by atoms with Gasteiger partial charge in [-0.15, -0.1) is 0 Å². The lowest BCUT2D eigenvalue weighted by atomic mass is 9.84. The van der Waals surface area contributed by atoms with Crippen LogP contribution < -0.4 is 10.1 Å². The van der Waals surface area contributed by atoms with Crippen LogP contribution in [0, 0.1) is 12.8 Å². The Labute approximate surface area is 216 Å². The van der Waals surface area contributed by atoms with E-state index in [0.29, 0.717) is 17.5 Å². The van der Waals surface area contributed by atoms with Gasteiger partial charge in [-0.05, 0) is 76.0 Å². The SMILES string of the molecule is Cc1cnc(OCC(=O)NC2CCC(CCN3CCc4ccc(CCC(F)(F)F)nc4CC3)CC2)cn1. The molecule has 0 bridgehead atoms. The van der Waals surface area contributed by atoms with E-state index in [9.17, 15) is 18.0 Å². The number of hydrogen-bond acceptors (Lipinski definition) is 6. The van der Waals surface area contributed by atoms with E-state index in [2.05, 4.69) is 25.2 Å². The highest BCUT2D eigenvalue weighted by atomic mass is 19.4. The fourth-order valence-electron chi connectivity index (χ4n) is 5.13. The molecule has 1 fully saturated rings. The van der Waals surface area contributed by atoms with Crippen LogP contribution in [0.2, 0.25) is 0 Å². The third-order valence-electron chi connectivity index (χ3n) is 7.33. The van der Waals surface area contributed by atoms with Crippen LogP contribution in [0.4, 0.5) is 13.2 Å².